The van der Waals surface area contributed by atoms with Crippen LogP contribution in [-0.4, -0.2) is 44.9 Å². The molecular weight excluding hydrogens is 202 g/mol. The van der Waals surface area contributed by atoms with E-state index in [4.69, 9.17) is 10.2 Å². The Labute approximate surface area is 85.1 Å². The molecule has 1 amide bonds. The highest BCUT2D eigenvalue weighted by atomic mass is 16.4. The number of amides is 1. The van der Waals surface area contributed by atoms with E-state index in [0.29, 0.717) is 5.69 Å². The number of hydrogen-bond acceptors (Lipinski definition) is 4. The first-order valence-corrected chi connectivity index (χ1v) is 4.25. The van der Waals surface area contributed by atoms with Crippen LogP contribution in [-0.2, 0) is 16.0 Å². The van der Waals surface area contributed by atoms with Gasteiger partial charge in [0.05, 0.1) is 18.7 Å². The number of carbonyl (C=O) groups excluding carboxylic acids is 1. The van der Waals surface area contributed by atoms with Gasteiger partial charge in [0.15, 0.2) is 0 Å². The van der Waals surface area contributed by atoms with E-state index in [0.717, 1.165) is 0 Å². The third-order valence-electron chi connectivity index (χ3n) is 1.72. The number of rotatable bonds is 5. The fourth-order valence-corrected chi connectivity index (χ4v) is 0.985. The molecule has 1 atom stereocenters. The van der Waals surface area contributed by atoms with Gasteiger partial charge in [-0.25, -0.2) is 4.79 Å². The fraction of sp³-hybridized carbons (Fsp3) is 0.375. The number of nitrogens with one attached hydrogen (secondary N) is 2. The highest BCUT2D eigenvalue weighted by Gasteiger charge is 2.18. The summed E-state index contributed by atoms with van der Waals surface area (Å²) in [4.78, 5) is 21.7. The number of carboxylic acid groups (broad SMARTS) is 1. The van der Waals surface area contributed by atoms with Gasteiger partial charge in [-0.3, -0.25) is 9.89 Å². The zero-order valence-electron chi connectivity index (χ0n) is 7.80. The molecule has 0 unspecified atom stereocenters. The molecule has 7 nitrogen and oxygen atoms in total. The van der Waals surface area contributed by atoms with E-state index in [9.17, 15) is 9.59 Å². The van der Waals surface area contributed by atoms with Crippen LogP contribution in [0, 0.1) is 0 Å². The molecule has 7 heteroatoms. The second-order valence-corrected chi connectivity index (χ2v) is 2.88. The zero-order chi connectivity index (χ0) is 11.3. The smallest absolute Gasteiger partial charge is 0.328 e. The topological polar surface area (TPSA) is 115 Å². The minimum absolute atomic E-state index is 0.0206. The van der Waals surface area contributed by atoms with Crippen LogP contribution in [0.15, 0.2) is 12.3 Å². The predicted molar refractivity (Wildman–Crippen MR) is 48.9 cm³/mol. The second-order valence-electron chi connectivity index (χ2n) is 2.88. The van der Waals surface area contributed by atoms with Gasteiger partial charge in [-0.15, -0.1) is 0 Å². The van der Waals surface area contributed by atoms with Gasteiger partial charge in [0.1, 0.15) is 6.04 Å². The molecule has 1 heterocycles. The molecule has 1 rings (SSSR count). The molecule has 1 aromatic heterocycles. The minimum atomic E-state index is -1.27. The molecule has 15 heavy (non-hydrogen) atoms. The van der Waals surface area contributed by atoms with Crippen LogP contribution in [0.5, 0.6) is 0 Å². The van der Waals surface area contributed by atoms with E-state index in [1.807, 2.05) is 0 Å². The molecule has 0 aliphatic heterocycles. The van der Waals surface area contributed by atoms with Crippen LogP contribution in [0.2, 0.25) is 0 Å². The van der Waals surface area contributed by atoms with E-state index in [1.54, 1.807) is 12.3 Å². The van der Waals surface area contributed by atoms with Crippen molar-refractivity contribution in [3.8, 4) is 0 Å². The summed E-state index contributed by atoms with van der Waals surface area (Å²) in [7, 11) is 0. The van der Waals surface area contributed by atoms with E-state index < -0.39 is 24.5 Å². The van der Waals surface area contributed by atoms with Crippen molar-refractivity contribution >= 4 is 11.9 Å². The van der Waals surface area contributed by atoms with Gasteiger partial charge < -0.3 is 15.5 Å². The highest BCUT2D eigenvalue weighted by Crippen LogP contribution is 1.93. The summed E-state index contributed by atoms with van der Waals surface area (Å²) in [6.45, 7) is -0.637. The van der Waals surface area contributed by atoms with Gasteiger partial charge >= 0.3 is 5.97 Å². The van der Waals surface area contributed by atoms with Crippen LogP contribution in [0.1, 0.15) is 5.69 Å². The predicted octanol–water partition coefficient (Wildman–Crippen LogP) is -1.49. The van der Waals surface area contributed by atoms with Gasteiger partial charge in [-0.2, -0.15) is 5.10 Å². The third-order valence-corrected chi connectivity index (χ3v) is 1.72. The van der Waals surface area contributed by atoms with Gasteiger partial charge in [-0.05, 0) is 6.07 Å². The Kier molecular flexibility index (Phi) is 3.81. The lowest BCUT2D eigenvalue weighted by molar-refractivity contribution is -0.142. The van der Waals surface area contributed by atoms with Gasteiger partial charge in [0.2, 0.25) is 5.91 Å². The molecule has 0 saturated carbocycles. The van der Waals surface area contributed by atoms with Crippen LogP contribution in [0.4, 0.5) is 0 Å². The van der Waals surface area contributed by atoms with E-state index in [2.05, 4.69) is 15.5 Å². The lowest BCUT2D eigenvalue weighted by Crippen LogP contribution is -2.43. The average molecular weight is 213 g/mol. The van der Waals surface area contributed by atoms with Crippen LogP contribution in [0.25, 0.3) is 0 Å². The van der Waals surface area contributed by atoms with E-state index in [1.165, 1.54) is 0 Å². The molecule has 4 N–H and O–H groups in total. The highest BCUT2D eigenvalue weighted by molar-refractivity contribution is 5.84. The number of carbonyl (C=O) groups is 2. The van der Waals surface area contributed by atoms with Crippen molar-refractivity contribution in [2.24, 2.45) is 0 Å². The Bertz CT molecular complexity index is 336. The van der Waals surface area contributed by atoms with Gasteiger partial charge in [-0.1, -0.05) is 0 Å². The number of nitrogens with zero attached hydrogens (tertiary/aromatic N) is 1. The molecule has 0 radical (unpaired) electrons. The first-order valence-electron chi connectivity index (χ1n) is 4.25. The molecule has 0 aliphatic rings. The molecule has 0 fully saturated rings. The Hall–Kier alpha value is -1.89. The number of aromatic amines is 1. The van der Waals surface area contributed by atoms with E-state index >= 15 is 0 Å². The normalized spacial score (nSPS) is 12.1. The number of H-pyrrole nitrogens is 1. The summed E-state index contributed by atoms with van der Waals surface area (Å²) >= 11 is 0. The Balaban J connectivity index is 2.45. The summed E-state index contributed by atoms with van der Waals surface area (Å²) in [5, 5.41) is 25.6. The molecule has 0 spiro atoms. The fourth-order valence-electron chi connectivity index (χ4n) is 0.985. The zero-order valence-corrected chi connectivity index (χ0v) is 7.80. The molecule has 0 aliphatic carbocycles. The molecular formula is C8H11N3O4. The summed E-state index contributed by atoms with van der Waals surface area (Å²) in [5.74, 6) is -1.77. The lowest BCUT2D eigenvalue weighted by Gasteiger charge is -2.10. The summed E-state index contributed by atoms with van der Waals surface area (Å²) in [6.07, 6.45) is 1.54. The summed E-state index contributed by atoms with van der Waals surface area (Å²) in [6, 6.07) is 0.338. The van der Waals surface area contributed by atoms with Crippen LogP contribution >= 0.6 is 0 Å². The Morgan fingerprint density at radius 1 is 1.60 bits per heavy atom. The van der Waals surface area contributed by atoms with Crippen molar-refractivity contribution in [2.45, 2.75) is 12.5 Å². The van der Waals surface area contributed by atoms with Crippen molar-refractivity contribution in [1.29, 1.82) is 0 Å². The number of aliphatic hydroxyl groups excluding tert-OH is 1. The number of carboxylic acids is 1. The maximum absolute atomic E-state index is 11.2. The largest absolute Gasteiger partial charge is 0.480 e. The molecule has 0 saturated heterocycles. The first-order chi connectivity index (χ1) is 7.13. The first kappa shape index (κ1) is 11.2. The second kappa shape index (κ2) is 5.11. The van der Waals surface area contributed by atoms with Crippen molar-refractivity contribution in [3.05, 3.63) is 18.0 Å². The third kappa shape index (κ3) is 3.39. The molecule has 82 valence electrons. The quantitative estimate of drug-likeness (QED) is 0.476. The Morgan fingerprint density at radius 3 is 2.80 bits per heavy atom. The van der Waals surface area contributed by atoms with Gasteiger partial charge in [0.25, 0.3) is 0 Å². The number of aromatic nitrogens is 2. The van der Waals surface area contributed by atoms with Crippen molar-refractivity contribution in [1.82, 2.24) is 15.5 Å². The van der Waals surface area contributed by atoms with Crippen molar-refractivity contribution in [3.63, 3.8) is 0 Å². The van der Waals surface area contributed by atoms with Crippen LogP contribution in [0.3, 0.4) is 0 Å². The number of aliphatic hydroxyl groups is 1. The van der Waals surface area contributed by atoms with Gasteiger partial charge in [0, 0.05) is 6.20 Å². The van der Waals surface area contributed by atoms with Crippen molar-refractivity contribution in [2.75, 3.05) is 6.61 Å². The van der Waals surface area contributed by atoms with E-state index in [-0.39, 0.29) is 6.42 Å². The monoisotopic (exact) mass is 213 g/mol. The lowest BCUT2D eigenvalue weighted by atomic mass is 10.2. The van der Waals surface area contributed by atoms with Crippen LogP contribution < -0.4 is 5.32 Å². The maximum atomic E-state index is 11.2. The number of hydrogen-bond donors (Lipinski definition) is 4. The summed E-state index contributed by atoms with van der Waals surface area (Å²) in [5.41, 5.74) is 0.509. The molecule has 0 bridgehead atoms. The SMILES string of the molecule is O=C(Cc1cc[nH]n1)N[C@@H](CO)C(=O)O. The summed E-state index contributed by atoms with van der Waals surface area (Å²) < 4.78 is 0. The van der Waals surface area contributed by atoms with Crippen molar-refractivity contribution < 1.29 is 19.8 Å². The number of aliphatic carboxylic acids is 1. The maximum Gasteiger partial charge on any atom is 0.328 e. The Morgan fingerprint density at radius 2 is 2.33 bits per heavy atom. The average Bonchev–Trinajstić information content (AvgIpc) is 2.66. The minimum Gasteiger partial charge on any atom is -0.480 e. The molecule has 0 aromatic carbocycles. The molecule has 1 aromatic rings. The standard InChI is InChI=1S/C8H11N3O4/c12-4-6(8(14)15)10-7(13)3-5-1-2-9-11-5/h1-2,6,12H,3-4H2,(H,9,11)(H,10,13)(H,14,15)/t6-/m0/s1.